The van der Waals surface area contributed by atoms with Gasteiger partial charge in [0.05, 0.1) is 16.1 Å². The Labute approximate surface area is 238 Å². The molecule has 0 spiro atoms. The van der Waals surface area contributed by atoms with Gasteiger partial charge >= 0.3 is 6.03 Å². The first-order valence-electron chi connectivity index (χ1n) is 12.5. The number of aliphatic hydroxyl groups excluding tert-OH is 1. The minimum Gasteiger partial charge on any atom is -0.391 e. The van der Waals surface area contributed by atoms with Gasteiger partial charge in [-0.2, -0.15) is 0 Å². The molecule has 1 aliphatic rings. The van der Waals surface area contributed by atoms with Crippen molar-refractivity contribution >= 4 is 34.5 Å². The fraction of sp³-hybridized carbons (Fsp3) is 0.310. The summed E-state index contributed by atoms with van der Waals surface area (Å²) in [6.45, 7) is 2.21. The number of nitrogens with one attached hydrogen (secondary N) is 1. The summed E-state index contributed by atoms with van der Waals surface area (Å²) in [6, 6.07) is 15.4. The first-order valence-corrected chi connectivity index (χ1v) is 13.7. The molecule has 1 aliphatic heterocycles. The molecule has 3 unspecified atom stereocenters. The van der Waals surface area contributed by atoms with Crippen molar-refractivity contribution in [2.75, 3.05) is 13.1 Å². The topological polar surface area (TPSA) is 95.7 Å². The molecule has 6 nitrogen and oxygen atoms in total. The van der Waals surface area contributed by atoms with Crippen molar-refractivity contribution in [1.82, 2.24) is 10.2 Å². The van der Waals surface area contributed by atoms with Crippen LogP contribution in [0.4, 0.5) is 18.0 Å². The summed E-state index contributed by atoms with van der Waals surface area (Å²) in [7, 11) is 0. The summed E-state index contributed by atoms with van der Waals surface area (Å²) < 4.78 is 40.7. The number of halogens is 4. The molecule has 4 rings (SSSR count). The standard InChI is InChI=1S/C29H29F3IN3O3/c1-17(18-2-4-19(5-3-18)24-11-10-22(31)14-25(24)32)36-13-12-29(26(33)27(36)38,15-23(37)16-35-28(34)39)20-6-8-21(30)9-7-20/h2-11,14,17,23,26,37H,12-13,15-16H2,1H3,(H3,34,35,39)/t17-,23?,26?,29?/m0/s1. The van der Waals surface area contributed by atoms with Crippen molar-refractivity contribution < 1.29 is 27.9 Å². The minimum absolute atomic E-state index is 0.0725. The lowest BCUT2D eigenvalue weighted by atomic mass is 9.68. The number of rotatable bonds is 8. The highest BCUT2D eigenvalue weighted by Gasteiger charge is 2.49. The van der Waals surface area contributed by atoms with Crippen LogP contribution in [-0.4, -0.2) is 45.1 Å². The summed E-state index contributed by atoms with van der Waals surface area (Å²) in [5.74, 6) is -1.84. The first-order chi connectivity index (χ1) is 18.5. The Bertz CT molecular complexity index is 1340. The van der Waals surface area contributed by atoms with Crippen LogP contribution in [0.1, 0.15) is 36.9 Å². The highest BCUT2D eigenvalue weighted by Crippen LogP contribution is 2.46. The Morgan fingerprint density at radius 2 is 1.74 bits per heavy atom. The summed E-state index contributed by atoms with van der Waals surface area (Å²) in [4.78, 5) is 26.7. The van der Waals surface area contributed by atoms with Crippen LogP contribution in [0.25, 0.3) is 11.1 Å². The largest absolute Gasteiger partial charge is 0.391 e. The lowest BCUT2D eigenvalue weighted by Crippen LogP contribution is -2.56. The number of piperidine rings is 1. The molecule has 0 bridgehead atoms. The predicted octanol–water partition coefficient (Wildman–Crippen LogP) is 5.23. The number of nitrogens with zero attached hydrogens (tertiary/aromatic N) is 1. The number of likely N-dealkylation sites (tertiary alicyclic amines) is 1. The molecule has 0 aliphatic carbocycles. The average Bonchev–Trinajstić information content (AvgIpc) is 2.90. The van der Waals surface area contributed by atoms with Crippen LogP contribution in [0.15, 0.2) is 66.7 Å². The number of hydrogen-bond acceptors (Lipinski definition) is 3. The molecule has 1 saturated heterocycles. The second kappa shape index (κ2) is 12.0. The zero-order chi connectivity index (χ0) is 28.3. The Hall–Kier alpha value is -3.12. The minimum atomic E-state index is -0.976. The van der Waals surface area contributed by atoms with E-state index in [4.69, 9.17) is 5.73 Å². The zero-order valence-corrected chi connectivity index (χ0v) is 23.4. The summed E-state index contributed by atoms with van der Waals surface area (Å²) in [5.41, 5.74) is 6.80. The van der Waals surface area contributed by atoms with Crippen LogP contribution < -0.4 is 11.1 Å². The van der Waals surface area contributed by atoms with Crippen molar-refractivity contribution in [3.63, 3.8) is 0 Å². The average molecular weight is 651 g/mol. The third-order valence-electron chi connectivity index (χ3n) is 7.42. The third-order valence-corrected chi connectivity index (χ3v) is 9.14. The van der Waals surface area contributed by atoms with Gasteiger partial charge in [0.2, 0.25) is 5.91 Å². The Balaban J connectivity index is 1.57. The highest BCUT2D eigenvalue weighted by molar-refractivity contribution is 14.1. The maximum absolute atomic E-state index is 14.2. The van der Waals surface area contributed by atoms with Gasteiger partial charge in [0, 0.05) is 30.1 Å². The molecule has 4 atom stereocenters. The summed E-state index contributed by atoms with van der Waals surface area (Å²) in [6.07, 6.45) is -0.316. The van der Waals surface area contributed by atoms with Gasteiger partial charge in [-0.1, -0.05) is 59.0 Å². The van der Waals surface area contributed by atoms with Crippen molar-refractivity contribution in [2.24, 2.45) is 5.73 Å². The number of benzene rings is 3. The lowest BCUT2D eigenvalue weighted by Gasteiger charge is -2.48. The van der Waals surface area contributed by atoms with E-state index in [1.165, 1.54) is 24.3 Å². The molecular weight excluding hydrogens is 622 g/mol. The molecule has 0 saturated carbocycles. The van der Waals surface area contributed by atoms with Gasteiger partial charge in [0.15, 0.2) is 0 Å². The molecule has 0 aromatic heterocycles. The van der Waals surface area contributed by atoms with E-state index >= 15 is 0 Å². The molecule has 206 valence electrons. The fourth-order valence-electron chi connectivity index (χ4n) is 5.27. The molecule has 0 radical (unpaired) electrons. The fourth-order valence-corrected chi connectivity index (χ4v) is 6.56. The molecule has 3 aromatic rings. The van der Waals surface area contributed by atoms with Gasteiger partial charge in [-0.3, -0.25) is 4.79 Å². The number of carbonyl (C=O) groups excluding carboxylic acids is 2. The van der Waals surface area contributed by atoms with E-state index in [2.05, 4.69) is 27.9 Å². The van der Waals surface area contributed by atoms with Crippen LogP contribution in [0, 0.1) is 17.5 Å². The molecular formula is C29H29F3IN3O3. The molecule has 10 heteroatoms. The second-order valence-corrected chi connectivity index (χ2v) is 11.1. The molecule has 4 N–H and O–H groups in total. The molecule has 3 aromatic carbocycles. The Kier molecular flexibility index (Phi) is 8.85. The molecule has 3 amide bonds. The van der Waals surface area contributed by atoms with E-state index in [0.29, 0.717) is 18.5 Å². The van der Waals surface area contributed by atoms with E-state index in [1.54, 1.807) is 29.2 Å². The van der Waals surface area contributed by atoms with Gasteiger partial charge in [0.25, 0.3) is 0 Å². The number of primary amides is 1. The number of carbonyl (C=O) groups is 2. The first kappa shape index (κ1) is 28.9. The summed E-state index contributed by atoms with van der Waals surface area (Å²) >= 11 is 2.09. The van der Waals surface area contributed by atoms with E-state index in [9.17, 15) is 27.9 Å². The predicted molar refractivity (Wildman–Crippen MR) is 151 cm³/mol. The lowest BCUT2D eigenvalue weighted by molar-refractivity contribution is -0.137. The number of amides is 3. The number of urea groups is 1. The molecule has 1 heterocycles. The maximum Gasteiger partial charge on any atom is 0.312 e. The van der Waals surface area contributed by atoms with Crippen molar-refractivity contribution in [3.8, 4) is 11.1 Å². The van der Waals surface area contributed by atoms with E-state index in [-0.39, 0.29) is 30.5 Å². The number of alkyl halides is 1. The Morgan fingerprint density at radius 1 is 1.10 bits per heavy atom. The van der Waals surface area contributed by atoms with E-state index in [0.717, 1.165) is 17.2 Å². The quantitative estimate of drug-likeness (QED) is 0.230. The van der Waals surface area contributed by atoms with Gasteiger partial charge < -0.3 is 21.1 Å². The van der Waals surface area contributed by atoms with E-state index in [1.807, 2.05) is 19.1 Å². The smallest absolute Gasteiger partial charge is 0.312 e. The number of hydrogen-bond donors (Lipinski definition) is 3. The zero-order valence-electron chi connectivity index (χ0n) is 21.2. The van der Waals surface area contributed by atoms with Crippen LogP contribution in [0.3, 0.4) is 0 Å². The van der Waals surface area contributed by atoms with Crippen LogP contribution in [-0.2, 0) is 10.2 Å². The maximum atomic E-state index is 14.2. The van der Waals surface area contributed by atoms with E-state index < -0.39 is 38.9 Å². The van der Waals surface area contributed by atoms with Crippen molar-refractivity contribution in [1.29, 1.82) is 0 Å². The van der Waals surface area contributed by atoms with Crippen LogP contribution in [0.2, 0.25) is 0 Å². The highest BCUT2D eigenvalue weighted by atomic mass is 127. The number of nitrogens with two attached hydrogens (primary N) is 1. The Morgan fingerprint density at radius 3 is 2.36 bits per heavy atom. The van der Waals surface area contributed by atoms with Gasteiger partial charge in [-0.05, 0) is 60.7 Å². The van der Waals surface area contributed by atoms with Gasteiger partial charge in [-0.15, -0.1) is 0 Å². The normalized spacial score (nSPS) is 20.9. The SMILES string of the molecule is C[C@@H](c1ccc(-c2ccc(F)cc2F)cc1)N1CCC(CC(O)CNC(N)=O)(c2ccc(F)cc2)C(I)C1=O. The van der Waals surface area contributed by atoms with Crippen molar-refractivity contribution in [3.05, 3.63) is 95.3 Å². The van der Waals surface area contributed by atoms with Gasteiger partial charge in [-0.25, -0.2) is 18.0 Å². The summed E-state index contributed by atoms with van der Waals surface area (Å²) in [5, 5.41) is 13.1. The monoisotopic (exact) mass is 651 g/mol. The van der Waals surface area contributed by atoms with Crippen LogP contribution >= 0.6 is 22.6 Å². The second-order valence-electron chi connectivity index (χ2n) is 9.83. The van der Waals surface area contributed by atoms with Crippen molar-refractivity contribution in [2.45, 2.75) is 41.3 Å². The third kappa shape index (κ3) is 6.22. The number of aliphatic hydroxyl groups is 1. The van der Waals surface area contributed by atoms with Gasteiger partial charge in [0.1, 0.15) is 17.5 Å². The van der Waals surface area contributed by atoms with Crippen LogP contribution in [0.5, 0.6) is 0 Å². The molecule has 1 fully saturated rings. The molecule has 39 heavy (non-hydrogen) atoms.